The van der Waals surface area contributed by atoms with Crippen LogP contribution >= 0.6 is 11.3 Å². The van der Waals surface area contributed by atoms with E-state index in [0.717, 1.165) is 29.3 Å². The lowest BCUT2D eigenvalue weighted by Crippen LogP contribution is -2.37. The average Bonchev–Trinajstić information content (AvgIpc) is 2.88. The quantitative estimate of drug-likeness (QED) is 0.832. The van der Waals surface area contributed by atoms with Gasteiger partial charge in [-0.15, -0.1) is 11.3 Å². The third-order valence-electron chi connectivity index (χ3n) is 4.31. The predicted octanol–water partition coefficient (Wildman–Crippen LogP) is 3.45. The molecule has 130 valence electrons. The largest absolute Gasteiger partial charge is 0.368 e. The minimum atomic E-state index is -0.356. The van der Waals surface area contributed by atoms with E-state index in [0.29, 0.717) is 13.1 Å². The van der Waals surface area contributed by atoms with Gasteiger partial charge >= 0.3 is 0 Å². The number of carbonyl (C=O) groups excluding carboxylic acids is 1. The number of carbonyl (C=O) groups is 1. The predicted molar refractivity (Wildman–Crippen MR) is 99.7 cm³/mol. The van der Waals surface area contributed by atoms with Crippen molar-refractivity contribution in [2.45, 2.75) is 53.4 Å². The van der Waals surface area contributed by atoms with Crippen LogP contribution in [-0.4, -0.2) is 29.0 Å². The summed E-state index contributed by atoms with van der Waals surface area (Å²) in [5.74, 6) is 1.78. The minimum absolute atomic E-state index is 0.0706. The van der Waals surface area contributed by atoms with Gasteiger partial charge in [0.25, 0.3) is 0 Å². The van der Waals surface area contributed by atoms with Gasteiger partial charge < -0.3 is 10.6 Å². The Bertz CT molecular complexity index is 760. The van der Waals surface area contributed by atoms with Crippen LogP contribution in [0.25, 0.3) is 10.2 Å². The van der Waals surface area contributed by atoms with Crippen molar-refractivity contribution in [2.24, 2.45) is 5.41 Å². The maximum absolute atomic E-state index is 11.9. The molecule has 1 aliphatic rings. The summed E-state index contributed by atoms with van der Waals surface area (Å²) in [4.78, 5) is 23.7. The van der Waals surface area contributed by atoms with Gasteiger partial charge in [-0.25, -0.2) is 9.97 Å². The first kappa shape index (κ1) is 17.1. The van der Waals surface area contributed by atoms with Crippen molar-refractivity contribution in [3.63, 3.8) is 0 Å². The number of fused-ring (bicyclic) bond motifs is 3. The molecule has 1 amide bonds. The van der Waals surface area contributed by atoms with Crippen LogP contribution in [0.3, 0.4) is 0 Å². The number of thiophene rings is 1. The molecule has 5 nitrogen and oxygen atoms in total. The third kappa shape index (κ3) is 3.53. The molecule has 6 heteroatoms. The Balaban J connectivity index is 1.74. The second-order valence-corrected chi connectivity index (χ2v) is 8.53. The first-order chi connectivity index (χ1) is 11.4. The lowest BCUT2D eigenvalue weighted by atomic mass is 9.96. The molecule has 0 aliphatic heterocycles. The van der Waals surface area contributed by atoms with Crippen molar-refractivity contribution in [3.8, 4) is 0 Å². The van der Waals surface area contributed by atoms with Crippen molar-refractivity contribution in [1.29, 1.82) is 0 Å². The molecule has 2 heterocycles. The highest BCUT2D eigenvalue weighted by atomic mass is 32.1. The van der Waals surface area contributed by atoms with Crippen molar-refractivity contribution in [2.75, 3.05) is 18.4 Å². The zero-order chi connectivity index (χ0) is 17.3. The number of nitrogens with zero attached hydrogens (tertiary/aromatic N) is 2. The maximum Gasteiger partial charge on any atom is 0.225 e. The average molecular weight is 347 g/mol. The van der Waals surface area contributed by atoms with Crippen LogP contribution in [0.1, 0.15) is 49.9 Å². The van der Waals surface area contributed by atoms with Gasteiger partial charge in [0, 0.05) is 23.4 Å². The van der Waals surface area contributed by atoms with Crippen molar-refractivity contribution in [1.82, 2.24) is 15.3 Å². The van der Waals surface area contributed by atoms with Crippen LogP contribution in [0.2, 0.25) is 0 Å². The van der Waals surface area contributed by atoms with Gasteiger partial charge in [0.2, 0.25) is 5.91 Å². The Hall–Kier alpha value is -1.69. The van der Waals surface area contributed by atoms with E-state index in [1.165, 1.54) is 28.7 Å². The molecule has 0 unspecified atom stereocenters. The molecule has 0 saturated heterocycles. The molecule has 3 rings (SSSR count). The summed E-state index contributed by atoms with van der Waals surface area (Å²) in [5, 5.41) is 7.58. The lowest BCUT2D eigenvalue weighted by molar-refractivity contribution is -0.128. The van der Waals surface area contributed by atoms with Gasteiger partial charge in [0.1, 0.15) is 16.5 Å². The van der Waals surface area contributed by atoms with Gasteiger partial charge in [0.05, 0.1) is 5.39 Å². The van der Waals surface area contributed by atoms with Gasteiger partial charge in [0.15, 0.2) is 0 Å². The summed E-state index contributed by atoms with van der Waals surface area (Å²) in [6.07, 6.45) is 4.80. The summed E-state index contributed by atoms with van der Waals surface area (Å²) in [7, 11) is 0. The van der Waals surface area contributed by atoms with Crippen LogP contribution in [-0.2, 0) is 17.6 Å². The number of aromatic nitrogens is 2. The maximum atomic E-state index is 11.9. The monoisotopic (exact) mass is 346 g/mol. The Morgan fingerprint density at radius 3 is 2.67 bits per heavy atom. The zero-order valence-corrected chi connectivity index (χ0v) is 15.8. The fourth-order valence-corrected chi connectivity index (χ4v) is 4.32. The van der Waals surface area contributed by atoms with Crippen molar-refractivity contribution < 1.29 is 4.79 Å². The first-order valence-electron chi connectivity index (χ1n) is 8.67. The van der Waals surface area contributed by atoms with Crippen LogP contribution in [0.15, 0.2) is 0 Å². The molecule has 24 heavy (non-hydrogen) atoms. The zero-order valence-electron chi connectivity index (χ0n) is 15.0. The molecular weight excluding hydrogens is 320 g/mol. The van der Waals surface area contributed by atoms with E-state index in [2.05, 4.69) is 20.6 Å². The minimum Gasteiger partial charge on any atom is -0.368 e. The van der Waals surface area contributed by atoms with Gasteiger partial charge in [-0.1, -0.05) is 20.8 Å². The first-order valence-corrected chi connectivity index (χ1v) is 9.49. The second kappa shape index (κ2) is 6.67. The SMILES string of the molecule is Cc1nc(NCCNC(=O)C(C)(C)C)c2c3c(sc2n1)CCCC3. The lowest BCUT2D eigenvalue weighted by Gasteiger charge is -2.18. The molecule has 0 spiro atoms. The summed E-state index contributed by atoms with van der Waals surface area (Å²) in [5.41, 5.74) is 1.08. The van der Waals surface area contributed by atoms with Gasteiger partial charge in [-0.05, 0) is 38.2 Å². The van der Waals surface area contributed by atoms with Crippen LogP contribution in [0.5, 0.6) is 0 Å². The second-order valence-electron chi connectivity index (χ2n) is 7.44. The van der Waals surface area contributed by atoms with Gasteiger partial charge in [-0.2, -0.15) is 0 Å². The normalized spacial score (nSPS) is 14.5. The van der Waals surface area contributed by atoms with Crippen LogP contribution < -0.4 is 10.6 Å². The summed E-state index contributed by atoms with van der Waals surface area (Å²) in [6, 6.07) is 0. The molecule has 0 bridgehead atoms. The van der Waals surface area contributed by atoms with E-state index in [9.17, 15) is 4.79 Å². The Morgan fingerprint density at radius 2 is 1.92 bits per heavy atom. The van der Waals surface area contributed by atoms with E-state index in [1.54, 1.807) is 0 Å². The van der Waals surface area contributed by atoms with E-state index < -0.39 is 0 Å². The third-order valence-corrected chi connectivity index (χ3v) is 5.50. The van der Waals surface area contributed by atoms with E-state index in [1.807, 2.05) is 39.0 Å². The molecule has 2 N–H and O–H groups in total. The number of aryl methyl sites for hydroxylation is 3. The van der Waals surface area contributed by atoms with Crippen LogP contribution in [0.4, 0.5) is 5.82 Å². The summed E-state index contributed by atoms with van der Waals surface area (Å²) < 4.78 is 0. The number of hydrogen-bond donors (Lipinski definition) is 2. The van der Waals surface area contributed by atoms with E-state index in [-0.39, 0.29) is 11.3 Å². The van der Waals surface area contributed by atoms with Crippen molar-refractivity contribution in [3.05, 3.63) is 16.3 Å². The Morgan fingerprint density at radius 1 is 1.17 bits per heavy atom. The standard InChI is InChI=1S/C18H26N4OS/c1-11-21-15(19-9-10-20-17(23)18(2,3)4)14-12-7-5-6-8-13(12)24-16(14)22-11/h5-10H2,1-4H3,(H,20,23)(H,19,21,22). The molecule has 1 aliphatic carbocycles. The molecule has 0 aromatic carbocycles. The fourth-order valence-electron chi connectivity index (χ4n) is 3.01. The molecular formula is C18H26N4OS. The number of nitrogens with one attached hydrogen (secondary N) is 2. The number of rotatable bonds is 4. The highest BCUT2D eigenvalue weighted by Crippen LogP contribution is 2.38. The number of anilines is 1. The van der Waals surface area contributed by atoms with Crippen molar-refractivity contribution >= 4 is 33.3 Å². The van der Waals surface area contributed by atoms with E-state index >= 15 is 0 Å². The summed E-state index contributed by atoms with van der Waals surface area (Å²) >= 11 is 1.81. The summed E-state index contributed by atoms with van der Waals surface area (Å²) in [6.45, 7) is 8.95. The molecule has 0 radical (unpaired) electrons. The van der Waals surface area contributed by atoms with E-state index in [4.69, 9.17) is 0 Å². The number of hydrogen-bond acceptors (Lipinski definition) is 5. The van der Waals surface area contributed by atoms with Gasteiger partial charge in [-0.3, -0.25) is 4.79 Å². The Kier molecular flexibility index (Phi) is 4.76. The highest BCUT2D eigenvalue weighted by molar-refractivity contribution is 7.19. The molecule has 0 fully saturated rings. The van der Waals surface area contributed by atoms with Crippen LogP contribution in [0, 0.1) is 12.3 Å². The molecule has 0 saturated carbocycles. The molecule has 2 aromatic heterocycles. The topological polar surface area (TPSA) is 66.9 Å². The highest BCUT2D eigenvalue weighted by Gasteiger charge is 2.21. The smallest absolute Gasteiger partial charge is 0.225 e. The Labute approximate surface area is 147 Å². The molecule has 2 aromatic rings. The molecule has 0 atom stereocenters. The number of amides is 1. The fraction of sp³-hybridized carbons (Fsp3) is 0.611.